The van der Waals surface area contributed by atoms with Gasteiger partial charge in [0.15, 0.2) is 5.43 Å². The number of aliphatic hydroxyl groups excluding tert-OH is 1. The van der Waals surface area contributed by atoms with Gasteiger partial charge in [-0.1, -0.05) is 24.3 Å². The third kappa shape index (κ3) is 3.24. The van der Waals surface area contributed by atoms with Crippen molar-refractivity contribution in [2.75, 3.05) is 0 Å². The van der Waals surface area contributed by atoms with E-state index < -0.39 is 0 Å². The third-order valence-corrected chi connectivity index (χ3v) is 5.66. The van der Waals surface area contributed by atoms with Crippen molar-refractivity contribution in [1.29, 1.82) is 0 Å². The van der Waals surface area contributed by atoms with Crippen molar-refractivity contribution < 1.29 is 5.11 Å². The number of hydrogen-bond donors (Lipinski definition) is 1. The normalized spacial score (nSPS) is 11.1. The second-order valence-electron chi connectivity index (χ2n) is 7.42. The second-order valence-corrected chi connectivity index (χ2v) is 7.42. The summed E-state index contributed by atoms with van der Waals surface area (Å²) in [5.74, 6) is 0. The Bertz CT molecular complexity index is 1090. The molecule has 0 unspecified atom stereocenters. The third-order valence-electron chi connectivity index (χ3n) is 5.66. The molecule has 0 aliphatic rings. The number of benzene rings is 2. The summed E-state index contributed by atoms with van der Waals surface area (Å²) in [5, 5.41) is 10.0. The predicted octanol–water partition coefficient (Wildman–Crippen LogP) is 4.85. The van der Waals surface area contributed by atoms with Gasteiger partial charge in [-0.15, -0.1) is 0 Å². The van der Waals surface area contributed by atoms with Crippen LogP contribution in [0.4, 0.5) is 0 Å². The number of aromatic nitrogens is 1. The van der Waals surface area contributed by atoms with Crippen molar-refractivity contribution in [3.63, 3.8) is 0 Å². The predicted molar refractivity (Wildman–Crippen MR) is 112 cm³/mol. The lowest BCUT2D eigenvalue weighted by molar-refractivity contribution is 0.272. The van der Waals surface area contributed by atoms with Gasteiger partial charge in [0.1, 0.15) is 0 Å². The van der Waals surface area contributed by atoms with Gasteiger partial charge >= 0.3 is 0 Å². The van der Waals surface area contributed by atoms with Crippen LogP contribution in [0.15, 0.2) is 41.2 Å². The molecule has 0 fully saturated rings. The Kier molecular flexibility index (Phi) is 5.07. The van der Waals surface area contributed by atoms with Crippen molar-refractivity contribution in [2.24, 2.45) is 0 Å². The lowest BCUT2D eigenvalue weighted by Crippen LogP contribution is -2.22. The highest BCUT2D eigenvalue weighted by molar-refractivity contribution is 5.69. The number of rotatable bonds is 3. The average Bonchev–Trinajstić information content (AvgIpc) is 2.63. The molecular formula is C24H27NO2. The quantitative estimate of drug-likeness (QED) is 0.725. The van der Waals surface area contributed by atoms with Crippen LogP contribution in [-0.4, -0.2) is 9.67 Å². The van der Waals surface area contributed by atoms with E-state index in [4.69, 9.17) is 0 Å². The minimum atomic E-state index is -0.179. The lowest BCUT2D eigenvalue weighted by Gasteiger charge is -2.22. The van der Waals surface area contributed by atoms with Gasteiger partial charge in [0.25, 0.3) is 0 Å². The van der Waals surface area contributed by atoms with Crippen molar-refractivity contribution in [1.82, 2.24) is 4.57 Å². The zero-order valence-electron chi connectivity index (χ0n) is 17.0. The second kappa shape index (κ2) is 7.16. The first-order valence-corrected chi connectivity index (χ1v) is 9.27. The number of pyridine rings is 1. The van der Waals surface area contributed by atoms with Crippen LogP contribution in [0.25, 0.3) is 16.8 Å². The Morgan fingerprint density at radius 2 is 1.41 bits per heavy atom. The smallest absolute Gasteiger partial charge is 0.192 e. The van der Waals surface area contributed by atoms with E-state index in [0.29, 0.717) is 16.8 Å². The summed E-state index contributed by atoms with van der Waals surface area (Å²) in [6, 6.07) is 12.4. The molecule has 0 aliphatic heterocycles. The Labute approximate surface area is 160 Å². The maximum absolute atomic E-state index is 13.1. The minimum Gasteiger partial charge on any atom is -0.390 e. The minimum absolute atomic E-state index is 0.0140. The maximum Gasteiger partial charge on any atom is 0.192 e. The summed E-state index contributed by atoms with van der Waals surface area (Å²) < 4.78 is 2.02. The van der Waals surface area contributed by atoms with Crippen LogP contribution < -0.4 is 5.43 Å². The molecule has 0 aliphatic carbocycles. The number of aryl methyl sites for hydroxylation is 4. The van der Waals surface area contributed by atoms with Crippen LogP contribution in [0, 0.1) is 41.5 Å². The molecule has 3 rings (SSSR count). The van der Waals surface area contributed by atoms with E-state index in [-0.39, 0.29) is 12.0 Å². The van der Waals surface area contributed by atoms with Crippen molar-refractivity contribution >= 4 is 0 Å². The van der Waals surface area contributed by atoms with Gasteiger partial charge in [0.2, 0.25) is 0 Å². The topological polar surface area (TPSA) is 42.2 Å². The van der Waals surface area contributed by atoms with Crippen LogP contribution in [0.2, 0.25) is 0 Å². The van der Waals surface area contributed by atoms with Crippen LogP contribution >= 0.6 is 0 Å². The summed E-state index contributed by atoms with van der Waals surface area (Å²) in [4.78, 5) is 13.1. The SMILES string of the molecule is Cc1ccc(-c2c(C)n(-c3ccc(C)c(C)c3)c(CO)c(C)c2=O)cc1C. The monoisotopic (exact) mass is 361 g/mol. The summed E-state index contributed by atoms with van der Waals surface area (Å²) in [6.07, 6.45) is 0. The van der Waals surface area contributed by atoms with Crippen molar-refractivity contribution in [3.8, 4) is 16.8 Å². The van der Waals surface area contributed by atoms with Gasteiger partial charge in [-0.2, -0.15) is 0 Å². The molecule has 0 bridgehead atoms. The molecule has 3 nitrogen and oxygen atoms in total. The fraction of sp³-hybridized carbons (Fsp3) is 0.292. The zero-order chi connectivity index (χ0) is 19.9. The molecule has 0 saturated heterocycles. The highest BCUT2D eigenvalue weighted by Crippen LogP contribution is 2.28. The van der Waals surface area contributed by atoms with Crippen LogP contribution in [0.5, 0.6) is 0 Å². The van der Waals surface area contributed by atoms with Crippen molar-refractivity contribution in [3.05, 3.63) is 85.8 Å². The lowest BCUT2D eigenvalue weighted by atomic mass is 9.96. The van der Waals surface area contributed by atoms with Gasteiger partial charge in [0, 0.05) is 22.5 Å². The molecule has 0 radical (unpaired) electrons. The number of hydrogen-bond acceptors (Lipinski definition) is 2. The van der Waals surface area contributed by atoms with E-state index in [1.807, 2.05) is 23.6 Å². The molecule has 0 saturated carbocycles. The van der Waals surface area contributed by atoms with E-state index in [2.05, 4.69) is 52.0 Å². The molecule has 1 heterocycles. The molecule has 0 atom stereocenters. The first-order chi connectivity index (χ1) is 12.8. The first-order valence-electron chi connectivity index (χ1n) is 9.27. The van der Waals surface area contributed by atoms with Gasteiger partial charge < -0.3 is 9.67 Å². The zero-order valence-corrected chi connectivity index (χ0v) is 17.0. The average molecular weight is 361 g/mol. The molecule has 27 heavy (non-hydrogen) atoms. The summed E-state index contributed by atoms with van der Waals surface area (Å²) in [5.41, 5.74) is 9.42. The number of aliphatic hydroxyl groups is 1. The molecular weight excluding hydrogens is 334 g/mol. The first kappa shape index (κ1) is 19.1. The standard InChI is InChI=1S/C24H27NO2/c1-14-7-9-20(11-16(14)3)23-19(6)25(22(13-26)18(5)24(23)27)21-10-8-15(2)17(4)12-21/h7-12,26H,13H2,1-6H3. The molecule has 1 aromatic heterocycles. The summed E-state index contributed by atoms with van der Waals surface area (Å²) in [7, 11) is 0. The van der Waals surface area contributed by atoms with E-state index >= 15 is 0 Å². The molecule has 2 aromatic carbocycles. The van der Waals surface area contributed by atoms with E-state index in [0.717, 1.165) is 22.5 Å². The fourth-order valence-corrected chi connectivity index (χ4v) is 3.61. The molecule has 0 amide bonds. The van der Waals surface area contributed by atoms with Crippen LogP contribution in [0.3, 0.4) is 0 Å². The van der Waals surface area contributed by atoms with E-state index in [1.165, 1.54) is 16.7 Å². The molecule has 1 N–H and O–H groups in total. The molecule has 3 aromatic rings. The highest BCUT2D eigenvalue weighted by atomic mass is 16.3. The molecule has 3 heteroatoms. The Morgan fingerprint density at radius 3 is 1.96 bits per heavy atom. The van der Waals surface area contributed by atoms with Crippen LogP contribution in [0.1, 0.15) is 39.2 Å². The summed E-state index contributed by atoms with van der Waals surface area (Å²) in [6.45, 7) is 11.9. The Morgan fingerprint density at radius 1 is 0.815 bits per heavy atom. The van der Waals surface area contributed by atoms with E-state index in [9.17, 15) is 9.90 Å². The van der Waals surface area contributed by atoms with Crippen molar-refractivity contribution in [2.45, 2.75) is 48.1 Å². The molecule has 140 valence electrons. The maximum atomic E-state index is 13.1. The van der Waals surface area contributed by atoms with E-state index in [1.54, 1.807) is 6.92 Å². The van der Waals surface area contributed by atoms with Gasteiger partial charge in [-0.3, -0.25) is 4.79 Å². The van der Waals surface area contributed by atoms with Gasteiger partial charge in [-0.25, -0.2) is 0 Å². The van der Waals surface area contributed by atoms with Gasteiger partial charge in [0.05, 0.1) is 12.3 Å². The fourth-order valence-electron chi connectivity index (χ4n) is 3.61. The van der Waals surface area contributed by atoms with Gasteiger partial charge in [-0.05, 0) is 81.5 Å². The van der Waals surface area contributed by atoms with Crippen LogP contribution in [-0.2, 0) is 6.61 Å². The Hall–Kier alpha value is -2.65. The number of nitrogens with zero attached hydrogens (tertiary/aromatic N) is 1. The molecule has 0 spiro atoms. The highest BCUT2D eigenvalue weighted by Gasteiger charge is 2.19. The largest absolute Gasteiger partial charge is 0.390 e. The summed E-state index contributed by atoms with van der Waals surface area (Å²) >= 11 is 0. The Balaban J connectivity index is 2.40.